The second kappa shape index (κ2) is 9.23. The van der Waals surface area contributed by atoms with Gasteiger partial charge in [0.2, 0.25) is 6.79 Å². The zero-order valence-corrected chi connectivity index (χ0v) is 18.2. The molecule has 2 aliphatic rings. The van der Waals surface area contributed by atoms with Gasteiger partial charge in [0, 0.05) is 19.2 Å². The molecule has 0 spiro atoms. The van der Waals surface area contributed by atoms with Crippen LogP contribution in [0.3, 0.4) is 0 Å². The number of amides is 3. The largest absolute Gasteiger partial charge is 0.497 e. The number of thioether (sulfide) groups is 1. The summed E-state index contributed by atoms with van der Waals surface area (Å²) in [7, 11) is 2.98. The fourth-order valence-electron chi connectivity index (χ4n) is 3.21. The Balaban J connectivity index is 1.37. The van der Waals surface area contributed by atoms with Gasteiger partial charge in [-0.25, -0.2) is 0 Å². The van der Waals surface area contributed by atoms with E-state index in [1.807, 2.05) is 0 Å². The van der Waals surface area contributed by atoms with E-state index in [4.69, 9.17) is 18.9 Å². The quantitative estimate of drug-likeness (QED) is 0.635. The van der Waals surface area contributed by atoms with E-state index in [2.05, 4.69) is 5.32 Å². The molecule has 1 N–H and O–H groups in total. The number of fused-ring (bicyclic) bond motifs is 1. The smallest absolute Gasteiger partial charge is 0.293 e. The number of methoxy groups -OCH3 is 2. The molecule has 0 saturated carbocycles. The van der Waals surface area contributed by atoms with Crippen molar-refractivity contribution >= 4 is 34.9 Å². The lowest BCUT2D eigenvalue weighted by atomic mass is 10.1. The minimum absolute atomic E-state index is 0.0490. The highest BCUT2D eigenvalue weighted by Crippen LogP contribution is 2.36. The SMILES string of the molecule is COc1ccc(C(=O)NCCN2C(=O)S/C(=C\c3ccc4c(c3)OCO4)C2=O)c(OC)c1. The number of nitrogens with one attached hydrogen (secondary N) is 1. The van der Waals surface area contributed by atoms with Crippen LogP contribution in [-0.2, 0) is 4.79 Å². The Morgan fingerprint density at radius 3 is 2.72 bits per heavy atom. The van der Waals surface area contributed by atoms with Gasteiger partial charge in [-0.1, -0.05) is 6.07 Å². The minimum Gasteiger partial charge on any atom is -0.497 e. The third-order valence-corrected chi connectivity index (χ3v) is 5.75. The fraction of sp³-hybridized carbons (Fsp3) is 0.227. The lowest BCUT2D eigenvalue weighted by Crippen LogP contribution is -2.37. The standard InChI is InChI=1S/C22H20N2O7S/c1-28-14-4-5-15(17(11-14)29-2)20(25)23-7-8-24-21(26)19(32-22(24)27)10-13-3-6-16-18(9-13)31-12-30-16/h3-6,9-11H,7-8,12H2,1-2H3,(H,23,25)/b19-10-. The molecule has 32 heavy (non-hydrogen) atoms. The predicted molar refractivity (Wildman–Crippen MR) is 117 cm³/mol. The van der Waals surface area contributed by atoms with Gasteiger partial charge >= 0.3 is 0 Å². The van der Waals surface area contributed by atoms with Gasteiger partial charge in [0.25, 0.3) is 17.1 Å². The lowest BCUT2D eigenvalue weighted by molar-refractivity contribution is -0.122. The van der Waals surface area contributed by atoms with Crippen molar-refractivity contribution in [3.8, 4) is 23.0 Å². The zero-order chi connectivity index (χ0) is 22.7. The van der Waals surface area contributed by atoms with Crippen LogP contribution >= 0.6 is 11.8 Å². The summed E-state index contributed by atoms with van der Waals surface area (Å²) in [5.74, 6) is 1.36. The third kappa shape index (κ3) is 4.35. The van der Waals surface area contributed by atoms with E-state index < -0.39 is 11.1 Å². The molecule has 4 rings (SSSR count). The van der Waals surface area contributed by atoms with E-state index in [-0.39, 0.29) is 25.8 Å². The number of hydrogen-bond acceptors (Lipinski definition) is 8. The highest BCUT2D eigenvalue weighted by Gasteiger charge is 2.34. The van der Waals surface area contributed by atoms with E-state index >= 15 is 0 Å². The van der Waals surface area contributed by atoms with Crippen molar-refractivity contribution in [1.29, 1.82) is 0 Å². The summed E-state index contributed by atoms with van der Waals surface area (Å²) in [5, 5.41) is 2.32. The Labute approximate surface area is 188 Å². The number of benzene rings is 2. The van der Waals surface area contributed by atoms with Gasteiger partial charge in [-0.15, -0.1) is 0 Å². The maximum atomic E-state index is 12.7. The number of nitrogens with zero attached hydrogens (tertiary/aromatic N) is 1. The van der Waals surface area contributed by atoms with Crippen molar-refractivity contribution in [2.75, 3.05) is 34.1 Å². The van der Waals surface area contributed by atoms with Gasteiger partial charge in [-0.2, -0.15) is 0 Å². The van der Waals surface area contributed by atoms with Crippen LogP contribution in [0.2, 0.25) is 0 Å². The highest BCUT2D eigenvalue weighted by atomic mass is 32.2. The van der Waals surface area contributed by atoms with Crippen LogP contribution < -0.4 is 24.3 Å². The number of carbonyl (C=O) groups excluding carboxylic acids is 3. The highest BCUT2D eigenvalue weighted by molar-refractivity contribution is 8.18. The normalized spacial score (nSPS) is 15.9. The monoisotopic (exact) mass is 456 g/mol. The molecule has 2 aliphatic heterocycles. The molecule has 1 saturated heterocycles. The second-order valence-corrected chi connectivity index (χ2v) is 7.76. The molecule has 2 aromatic rings. The second-order valence-electron chi connectivity index (χ2n) is 6.77. The molecule has 0 radical (unpaired) electrons. The number of hydrogen-bond donors (Lipinski definition) is 1. The van der Waals surface area contributed by atoms with Crippen molar-refractivity contribution in [2.45, 2.75) is 0 Å². The first-order valence-electron chi connectivity index (χ1n) is 9.65. The van der Waals surface area contributed by atoms with Gasteiger partial charge in [-0.3, -0.25) is 19.3 Å². The Kier molecular flexibility index (Phi) is 6.22. The van der Waals surface area contributed by atoms with Crippen LogP contribution in [0.25, 0.3) is 6.08 Å². The molecule has 9 nitrogen and oxygen atoms in total. The average Bonchev–Trinajstić information content (AvgIpc) is 3.37. The van der Waals surface area contributed by atoms with Crippen LogP contribution in [0.15, 0.2) is 41.3 Å². The summed E-state index contributed by atoms with van der Waals surface area (Å²) in [6.45, 7) is 0.306. The van der Waals surface area contributed by atoms with Crippen molar-refractivity contribution in [3.63, 3.8) is 0 Å². The van der Waals surface area contributed by atoms with E-state index in [0.717, 1.165) is 22.2 Å². The van der Waals surface area contributed by atoms with E-state index in [1.54, 1.807) is 42.5 Å². The molecular weight excluding hydrogens is 436 g/mol. The van der Waals surface area contributed by atoms with Gasteiger partial charge in [0.15, 0.2) is 11.5 Å². The minimum atomic E-state index is -0.408. The molecule has 2 aromatic carbocycles. The predicted octanol–water partition coefficient (Wildman–Crippen LogP) is 2.90. The molecule has 2 heterocycles. The van der Waals surface area contributed by atoms with Crippen molar-refractivity contribution in [3.05, 3.63) is 52.4 Å². The van der Waals surface area contributed by atoms with E-state index in [0.29, 0.717) is 33.5 Å². The molecule has 0 aliphatic carbocycles. The maximum Gasteiger partial charge on any atom is 0.293 e. The summed E-state index contributed by atoms with van der Waals surface area (Å²) in [4.78, 5) is 38.9. The number of ether oxygens (including phenoxy) is 4. The Morgan fingerprint density at radius 1 is 1.12 bits per heavy atom. The van der Waals surface area contributed by atoms with Crippen LogP contribution in [0, 0.1) is 0 Å². The third-order valence-electron chi connectivity index (χ3n) is 4.84. The Hall–Kier alpha value is -3.66. The summed E-state index contributed by atoms with van der Waals surface area (Å²) in [5.41, 5.74) is 1.05. The Bertz CT molecular complexity index is 1120. The molecule has 10 heteroatoms. The first-order chi connectivity index (χ1) is 15.5. The summed E-state index contributed by atoms with van der Waals surface area (Å²) < 4.78 is 21.0. The topological polar surface area (TPSA) is 103 Å². The number of rotatable bonds is 7. The summed E-state index contributed by atoms with van der Waals surface area (Å²) in [6, 6.07) is 10.1. The first kappa shape index (κ1) is 21.6. The van der Waals surface area contributed by atoms with Crippen molar-refractivity contribution < 1.29 is 33.3 Å². The molecule has 1 fully saturated rings. The molecule has 0 aromatic heterocycles. The van der Waals surface area contributed by atoms with Crippen LogP contribution in [0.5, 0.6) is 23.0 Å². The molecular formula is C22H20N2O7S. The lowest BCUT2D eigenvalue weighted by Gasteiger charge is -2.14. The molecule has 166 valence electrons. The Morgan fingerprint density at radius 2 is 1.94 bits per heavy atom. The van der Waals surface area contributed by atoms with E-state index in [9.17, 15) is 14.4 Å². The van der Waals surface area contributed by atoms with Crippen LogP contribution in [-0.4, -0.2) is 56.1 Å². The number of imide groups is 1. The maximum absolute atomic E-state index is 12.7. The van der Waals surface area contributed by atoms with Crippen LogP contribution in [0.1, 0.15) is 15.9 Å². The molecule has 0 unspecified atom stereocenters. The van der Waals surface area contributed by atoms with Crippen molar-refractivity contribution in [1.82, 2.24) is 10.2 Å². The fourth-order valence-corrected chi connectivity index (χ4v) is 4.07. The molecule has 0 bridgehead atoms. The average molecular weight is 456 g/mol. The summed E-state index contributed by atoms with van der Waals surface area (Å²) in [6.07, 6.45) is 1.63. The zero-order valence-electron chi connectivity index (χ0n) is 17.4. The molecule has 0 atom stereocenters. The van der Waals surface area contributed by atoms with Crippen LogP contribution in [0.4, 0.5) is 4.79 Å². The van der Waals surface area contributed by atoms with Gasteiger partial charge in [0.05, 0.1) is 24.7 Å². The van der Waals surface area contributed by atoms with E-state index in [1.165, 1.54) is 14.2 Å². The molecule has 3 amide bonds. The van der Waals surface area contributed by atoms with Gasteiger partial charge in [-0.05, 0) is 47.7 Å². The van der Waals surface area contributed by atoms with Gasteiger partial charge in [0.1, 0.15) is 11.5 Å². The first-order valence-corrected chi connectivity index (χ1v) is 10.5. The van der Waals surface area contributed by atoms with Crippen molar-refractivity contribution in [2.24, 2.45) is 0 Å². The number of carbonyl (C=O) groups is 3. The summed E-state index contributed by atoms with van der Waals surface area (Å²) >= 11 is 0.855. The van der Waals surface area contributed by atoms with Gasteiger partial charge < -0.3 is 24.3 Å².